The Morgan fingerprint density at radius 2 is 1.87 bits per heavy atom. The highest BCUT2D eigenvalue weighted by Gasteiger charge is 2.59. The Balaban J connectivity index is 2.20. The van der Waals surface area contributed by atoms with Crippen LogP contribution in [0.3, 0.4) is 0 Å². The van der Waals surface area contributed by atoms with Crippen LogP contribution in [0.4, 0.5) is 0 Å². The molecule has 1 aliphatic rings. The molecule has 1 fully saturated rings. The van der Waals surface area contributed by atoms with E-state index in [2.05, 4.69) is 0 Å². The van der Waals surface area contributed by atoms with Gasteiger partial charge in [0.15, 0.2) is 14.8 Å². The molecule has 15 heavy (non-hydrogen) atoms. The molecule has 3 nitrogen and oxygen atoms in total. The molecule has 2 atom stereocenters. The van der Waals surface area contributed by atoms with Crippen molar-refractivity contribution in [3.05, 3.63) is 35.9 Å². The van der Waals surface area contributed by atoms with E-state index in [0.29, 0.717) is 0 Å². The van der Waals surface area contributed by atoms with Crippen LogP contribution in [0.1, 0.15) is 19.4 Å². The SMILES string of the molecule is C[C@@H]1O[C@@]1(C)S(=O)(=O)Cc1ccccc1. The number of benzene rings is 1. The lowest BCUT2D eigenvalue weighted by Gasteiger charge is -2.08. The van der Waals surface area contributed by atoms with Gasteiger partial charge in [-0.15, -0.1) is 0 Å². The van der Waals surface area contributed by atoms with E-state index in [0.717, 1.165) is 5.56 Å². The van der Waals surface area contributed by atoms with Gasteiger partial charge in [-0.2, -0.15) is 0 Å². The molecular weight excluding hydrogens is 212 g/mol. The number of sulfone groups is 1. The van der Waals surface area contributed by atoms with Crippen LogP contribution in [0, 0.1) is 0 Å². The van der Waals surface area contributed by atoms with E-state index < -0.39 is 14.8 Å². The van der Waals surface area contributed by atoms with Crippen LogP contribution in [0.5, 0.6) is 0 Å². The van der Waals surface area contributed by atoms with Crippen molar-refractivity contribution in [1.29, 1.82) is 0 Å². The molecular formula is C11H14O3S. The quantitative estimate of drug-likeness (QED) is 0.737. The van der Waals surface area contributed by atoms with Crippen molar-refractivity contribution in [2.24, 2.45) is 0 Å². The van der Waals surface area contributed by atoms with E-state index in [1.165, 1.54) is 0 Å². The normalized spacial score (nSPS) is 30.1. The van der Waals surface area contributed by atoms with Gasteiger partial charge in [0.05, 0.1) is 5.75 Å². The first-order valence-corrected chi connectivity index (χ1v) is 6.55. The van der Waals surface area contributed by atoms with Gasteiger partial charge in [0.2, 0.25) is 0 Å². The molecule has 0 radical (unpaired) electrons. The second-order valence-corrected chi connectivity index (χ2v) is 6.35. The number of epoxide rings is 1. The van der Waals surface area contributed by atoms with E-state index in [-0.39, 0.29) is 11.9 Å². The predicted octanol–water partition coefficient (Wildman–Crippen LogP) is 1.74. The fraction of sp³-hybridized carbons (Fsp3) is 0.455. The fourth-order valence-electron chi connectivity index (χ4n) is 1.58. The molecule has 0 unspecified atom stereocenters. The number of rotatable bonds is 3. The molecule has 1 aromatic rings. The second kappa shape index (κ2) is 3.32. The monoisotopic (exact) mass is 226 g/mol. The molecule has 82 valence electrons. The molecule has 0 amide bonds. The number of ether oxygens (including phenoxy) is 1. The lowest BCUT2D eigenvalue weighted by Crippen LogP contribution is -2.24. The van der Waals surface area contributed by atoms with E-state index in [1.807, 2.05) is 30.3 Å². The molecule has 1 aliphatic heterocycles. The third-order valence-electron chi connectivity index (χ3n) is 2.91. The topological polar surface area (TPSA) is 46.7 Å². The average Bonchev–Trinajstić information content (AvgIpc) is 2.77. The average molecular weight is 226 g/mol. The Morgan fingerprint density at radius 1 is 1.33 bits per heavy atom. The van der Waals surface area contributed by atoms with Crippen molar-refractivity contribution in [2.75, 3.05) is 0 Å². The van der Waals surface area contributed by atoms with Gasteiger partial charge in [-0.1, -0.05) is 30.3 Å². The molecule has 1 saturated heterocycles. The van der Waals surface area contributed by atoms with E-state index in [4.69, 9.17) is 4.74 Å². The summed E-state index contributed by atoms with van der Waals surface area (Å²) in [4.78, 5) is -0.969. The summed E-state index contributed by atoms with van der Waals surface area (Å²) in [5.74, 6) is 0.0503. The van der Waals surface area contributed by atoms with Gasteiger partial charge >= 0.3 is 0 Å². The van der Waals surface area contributed by atoms with Crippen LogP contribution in [0.2, 0.25) is 0 Å². The van der Waals surface area contributed by atoms with Crippen molar-refractivity contribution < 1.29 is 13.2 Å². The van der Waals surface area contributed by atoms with Crippen molar-refractivity contribution in [2.45, 2.75) is 30.6 Å². The molecule has 0 aromatic heterocycles. The van der Waals surface area contributed by atoms with Gasteiger partial charge < -0.3 is 4.74 Å². The molecule has 4 heteroatoms. The number of hydrogen-bond acceptors (Lipinski definition) is 3. The van der Waals surface area contributed by atoms with Crippen LogP contribution >= 0.6 is 0 Å². The zero-order valence-electron chi connectivity index (χ0n) is 8.80. The first-order chi connectivity index (χ1) is 6.96. The van der Waals surface area contributed by atoms with Gasteiger partial charge in [0.1, 0.15) is 6.10 Å². The standard InChI is InChI=1S/C11H14O3S/c1-9-11(2,14-9)15(12,13)8-10-6-4-3-5-7-10/h3-7,9H,8H2,1-2H3/t9-,11-/m0/s1. The van der Waals surface area contributed by atoms with Gasteiger partial charge in [-0.25, -0.2) is 8.42 Å². The minimum absolute atomic E-state index is 0.0503. The Hall–Kier alpha value is -0.870. The summed E-state index contributed by atoms with van der Waals surface area (Å²) in [5, 5.41) is 0. The zero-order chi connectivity index (χ0) is 11.1. The van der Waals surface area contributed by atoms with E-state index >= 15 is 0 Å². The Labute approximate surface area is 90.0 Å². The van der Waals surface area contributed by atoms with Crippen molar-refractivity contribution in [3.8, 4) is 0 Å². The van der Waals surface area contributed by atoms with E-state index in [1.54, 1.807) is 13.8 Å². The van der Waals surface area contributed by atoms with Crippen molar-refractivity contribution >= 4 is 9.84 Å². The Bertz CT molecular complexity index is 452. The van der Waals surface area contributed by atoms with Crippen LogP contribution in [0.25, 0.3) is 0 Å². The van der Waals surface area contributed by atoms with Gasteiger partial charge in [0, 0.05) is 0 Å². The van der Waals surface area contributed by atoms with Crippen molar-refractivity contribution in [1.82, 2.24) is 0 Å². The minimum atomic E-state index is -3.21. The predicted molar refractivity (Wildman–Crippen MR) is 58.0 cm³/mol. The maximum absolute atomic E-state index is 12.0. The Kier molecular flexibility index (Phi) is 2.35. The summed E-state index contributed by atoms with van der Waals surface area (Å²) < 4.78 is 29.1. The summed E-state index contributed by atoms with van der Waals surface area (Å²) in [7, 11) is -3.21. The number of hydrogen-bond donors (Lipinski definition) is 0. The molecule has 0 bridgehead atoms. The summed E-state index contributed by atoms with van der Waals surface area (Å²) in [6, 6.07) is 9.17. The third kappa shape index (κ3) is 1.79. The van der Waals surface area contributed by atoms with Crippen LogP contribution in [-0.2, 0) is 20.3 Å². The molecule has 0 spiro atoms. The fourth-order valence-corrected chi connectivity index (χ4v) is 3.29. The van der Waals surface area contributed by atoms with Gasteiger partial charge in [-0.05, 0) is 19.4 Å². The van der Waals surface area contributed by atoms with Gasteiger partial charge in [-0.3, -0.25) is 0 Å². The molecule has 1 aromatic carbocycles. The molecule has 0 aliphatic carbocycles. The minimum Gasteiger partial charge on any atom is -0.350 e. The Morgan fingerprint density at radius 3 is 2.33 bits per heavy atom. The first kappa shape index (κ1) is 10.6. The zero-order valence-corrected chi connectivity index (χ0v) is 9.62. The van der Waals surface area contributed by atoms with Crippen molar-refractivity contribution in [3.63, 3.8) is 0 Å². The maximum atomic E-state index is 12.0. The molecule has 2 rings (SSSR count). The van der Waals surface area contributed by atoms with Crippen LogP contribution in [-0.4, -0.2) is 19.5 Å². The summed E-state index contributed by atoms with van der Waals surface area (Å²) in [5.41, 5.74) is 0.807. The lowest BCUT2D eigenvalue weighted by atomic mass is 10.2. The maximum Gasteiger partial charge on any atom is 0.192 e. The van der Waals surface area contributed by atoms with E-state index in [9.17, 15) is 8.42 Å². The second-order valence-electron chi connectivity index (χ2n) is 4.02. The molecule has 1 heterocycles. The molecule has 0 saturated carbocycles. The summed E-state index contributed by atoms with van der Waals surface area (Å²) >= 11 is 0. The third-order valence-corrected chi connectivity index (χ3v) is 5.29. The smallest absolute Gasteiger partial charge is 0.192 e. The largest absolute Gasteiger partial charge is 0.350 e. The highest BCUT2D eigenvalue weighted by Crippen LogP contribution is 2.42. The first-order valence-electron chi connectivity index (χ1n) is 4.90. The molecule has 0 N–H and O–H groups in total. The van der Waals surface area contributed by atoms with Crippen LogP contribution < -0.4 is 0 Å². The highest BCUT2D eigenvalue weighted by molar-refractivity contribution is 7.92. The summed E-state index contributed by atoms with van der Waals surface area (Å²) in [6.45, 7) is 3.42. The highest BCUT2D eigenvalue weighted by atomic mass is 32.2. The van der Waals surface area contributed by atoms with Gasteiger partial charge in [0.25, 0.3) is 0 Å². The lowest BCUT2D eigenvalue weighted by molar-refractivity contribution is 0.361. The summed E-state index contributed by atoms with van der Waals surface area (Å²) in [6.07, 6.45) is -0.189. The van der Waals surface area contributed by atoms with Crippen LogP contribution in [0.15, 0.2) is 30.3 Å².